The monoisotopic (exact) mass is 329 g/mol. The fourth-order valence-corrected chi connectivity index (χ4v) is 2.68. The number of methoxy groups -OCH3 is 1. The highest BCUT2D eigenvalue weighted by Crippen LogP contribution is 2.27. The van der Waals surface area contributed by atoms with Crippen LogP contribution in [0.4, 0.5) is 5.69 Å². The van der Waals surface area contributed by atoms with Gasteiger partial charge in [0.05, 0.1) is 23.8 Å². The molecule has 23 heavy (non-hydrogen) atoms. The number of hydrogen-bond acceptors (Lipinski definition) is 3. The van der Waals surface area contributed by atoms with E-state index in [9.17, 15) is 4.79 Å². The Balaban J connectivity index is 1.84. The van der Waals surface area contributed by atoms with Crippen LogP contribution in [-0.2, 0) is 11.3 Å². The van der Waals surface area contributed by atoms with Gasteiger partial charge in [-0.2, -0.15) is 0 Å². The first-order valence-electron chi connectivity index (χ1n) is 7.14. The lowest BCUT2D eigenvalue weighted by Gasteiger charge is -2.12. The SMILES string of the molecule is COc1ccc(Cl)cc1NC(=O)Cn1c(C)nc2ccccc21. The summed E-state index contributed by atoms with van der Waals surface area (Å²) < 4.78 is 7.11. The zero-order valence-corrected chi connectivity index (χ0v) is 13.6. The largest absolute Gasteiger partial charge is 0.495 e. The number of rotatable bonds is 4. The van der Waals surface area contributed by atoms with Crippen LogP contribution >= 0.6 is 11.6 Å². The number of ether oxygens (including phenoxy) is 1. The van der Waals surface area contributed by atoms with Crippen molar-refractivity contribution in [3.63, 3.8) is 0 Å². The molecule has 0 saturated heterocycles. The fraction of sp³-hybridized carbons (Fsp3) is 0.176. The van der Waals surface area contributed by atoms with Crippen LogP contribution in [0.1, 0.15) is 5.82 Å². The van der Waals surface area contributed by atoms with E-state index in [1.807, 2.05) is 35.8 Å². The molecule has 1 heterocycles. The third-order valence-corrected chi connectivity index (χ3v) is 3.82. The van der Waals surface area contributed by atoms with Crippen molar-refractivity contribution in [1.29, 1.82) is 0 Å². The van der Waals surface area contributed by atoms with Gasteiger partial charge in [-0.25, -0.2) is 4.98 Å². The van der Waals surface area contributed by atoms with E-state index in [0.29, 0.717) is 16.5 Å². The summed E-state index contributed by atoms with van der Waals surface area (Å²) in [6.45, 7) is 2.05. The number of imidazole rings is 1. The van der Waals surface area contributed by atoms with E-state index < -0.39 is 0 Å². The first kappa shape index (κ1) is 15.4. The molecule has 0 fully saturated rings. The zero-order valence-electron chi connectivity index (χ0n) is 12.8. The Morgan fingerprint density at radius 3 is 2.87 bits per heavy atom. The number of amides is 1. The van der Waals surface area contributed by atoms with E-state index in [0.717, 1.165) is 16.9 Å². The number of anilines is 1. The normalized spacial score (nSPS) is 10.7. The molecule has 0 bridgehead atoms. The number of carbonyl (C=O) groups excluding carboxylic acids is 1. The number of carbonyl (C=O) groups is 1. The molecule has 118 valence electrons. The number of aromatic nitrogens is 2. The van der Waals surface area contributed by atoms with Crippen molar-refractivity contribution in [2.75, 3.05) is 12.4 Å². The maximum atomic E-state index is 12.4. The van der Waals surface area contributed by atoms with Crippen molar-refractivity contribution in [3.05, 3.63) is 53.3 Å². The van der Waals surface area contributed by atoms with E-state index >= 15 is 0 Å². The summed E-state index contributed by atoms with van der Waals surface area (Å²) in [5.41, 5.74) is 2.35. The molecule has 3 aromatic rings. The smallest absolute Gasteiger partial charge is 0.244 e. The summed E-state index contributed by atoms with van der Waals surface area (Å²) in [6.07, 6.45) is 0. The molecule has 0 aliphatic carbocycles. The van der Waals surface area contributed by atoms with E-state index in [2.05, 4.69) is 10.3 Å². The van der Waals surface area contributed by atoms with Gasteiger partial charge in [-0.1, -0.05) is 23.7 Å². The first-order chi connectivity index (χ1) is 11.1. The molecule has 0 saturated carbocycles. The van der Waals surface area contributed by atoms with Gasteiger partial charge in [-0.05, 0) is 37.3 Å². The van der Waals surface area contributed by atoms with Gasteiger partial charge in [0.1, 0.15) is 18.1 Å². The summed E-state index contributed by atoms with van der Waals surface area (Å²) in [6, 6.07) is 12.8. The Hall–Kier alpha value is -2.53. The Bertz CT molecular complexity index is 873. The van der Waals surface area contributed by atoms with E-state index in [4.69, 9.17) is 16.3 Å². The molecule has 1 amide bonds. The van der Waals surface area contributed by atoms with Crippen LogP contribution < -0.4 is 10.1 Å². The number of fused-ring (bicyclic) bond motifs is 1. The predicted molar refractivity (Wildman–Crippen MR) is 91.1 cm³/mol. The summed E-state index contributed by atoms with van der Waals surface area (Å²) >= 11 is 5.98. The van der Waals surface area contributed by atoms with Gasteiger partial charge in [0.2, 0.25) is 5.91 Å². The third kappa shape index (κ3) is 3.14. The maximum absolute atomic E-state index is 12.4. The standard InChI is InChI=1S/C17H16ClN3O2/c1-11-19-13-5-3-4-6-15(13)21(11)10-17(22)20-14-9-12(18)7-8-16(14)23-2/h3-9H,10H2,1-2H3,(H,20,22). The number of nitrogens with zero attached hydrogens (tertiary/aromatic N) is 2. The minimum atomic E-state index is -0.170. The average molecular weight is 330 g/mol. The molecule has 0 aliphatic rings. The second-order valence-electron chi connectivity index (χ2n) is 5.13. The number of aryl methyl sites for hydroxylation is 1. The van der Waals surface area contributed by atoms with Gasteiger partial charge in [0, 0.05) is 5.02 Å². The van der Waals surface area contributed by atoms with Crippen LogP contribution in [0.15, 0.2) is 42.5 Å². The van der Waals surface area contributed by atoms with E-state index in [1.165, 1.54) is 0 Å². The molecular formula is C17H16ClN3O2. The van der Waals surface area contributed by atoms with Crippen molar-refractivity contribution in [1.82, 2.24) is 9.55 Å². The third-order valence-electron chi connectivity index (χ3n) is 3.58. The lowest BCUT2D eigenvalue weighted by atomic mass is 10.3. The van der Waals surface area contributed by atoms with Crippen molar-refractivity contribution in [2.45, 2.75) is 13.5 Å². The molecule has 0 spiro atoms. The number of nitrogens with one attached hydrogen (secondary N) is 1. The van der Waals surface area contributed by atoms with Gasteiger partial charge >= 0.3 is 0 Å². The molecule has 0 aliphatic heterocycles. The molecule has 0 atom stereocenters. The number of benzene rings is 2. The summed E-state index contributed by atoms with van der Waals surface area (Å²) in [5, 5.41) is 3.37. The fourth-order valence-electron chi connectivity index (χ4n) is 2.51. The Kier molecular flexibility index (Phi) is 4.21. The molecule has 0 radical (unpaired) electrons. The number of para-hydroxylation sites is 2. The average Bonchev–Trinajstić information content (AvgIpc) is 2.83. The summed E-state index contributed by atoms with van der Waals surface area (Å²) in [4.78, 5) is 16.9. The molecular weight excluding hydrogens is 314 g/mol. The predicted octanol–water partition coefficient (Wildman–Crippen LogP) is 3.65. The molecule has 0 unspecified atom stereocenters. The molecule has 6 heteroatoms. The number of hydrogen-bond donors (Lipinski definition) is 1. The highest BCUT2D eigenvalue weighted by molar-refractivity contribution is 6.31. The van der Waals surface area contributed by atoms with Gasteiger partial charge in [-0.15, -0.1) is 0 Å². The maximum Gasteiger partial charge on any atom is 0.244 e. The second-order valence-corrected chi connectivity index (χ2v) is 5.56. The first-order valence-corrected chi connectivity index (χ1v) is 7.51. The highest BCUT2D eigenvalue weighted by atomic mass is 35.5. The molecule has 1 aromatic heterocycles. The molecule has 3 rings (SSSR count). The van der Waals surface area contributed by atoms with Gasteiger partial charge in [-0.3, -0.25) is 4.79 Å². The van der Waals surface area contributed by atoms with Crippen LogP contribution in [0, 0.1) is 6.92 Å². The van der Waals surface area contributed by atoms with Gasteiger partial charge < -0.3 is 14.6 Å². The number of halogens is 1. The molecule has 5 nitrogen and oxygen atoms in total. The van der Waals surface area contributed by atoms with Crippen molar-refractivity contribution < 1.29 is 9.53 Å². The quantitative estimate of drug-likeness (QED) is 0.795. The second kappa shape index (κ2) is 6.30. The Morgan fingerprint density at radius 1 is 1.30 bits per heavy atom. The van der Waals surface area contributed by atoms with Crippen LogP contribution in [0.5, 0.6) is 5.75 Å². The van der Waals surface area contributed by atoms with Crippen LogP contribution in [-0.4, -0.2) is 22.6 Å². The Morgan fingerprint density at radius 2 is 2.09 bits per heavy atom. The van der Waals surface area contributed by atoms with Gasteiger partial charge in [0.15, 0.2) is 0 Å². The van der Waals surface area contributed by atoms with Gasteiger partial charge in [0.25, 0.3) is 0 Å². The van der Waals surface area contributed by atoms with Crippen molar-refractivity contribution >= 4 is 34.2 Å². The zero-order chi connectivity index (χ0) is 16.4. The minimum absolute atomic E-state index is 0.169. The highest BCUT2D eigenvalue weighted by Gasteiger charge is 2.13. The lowest BCUT2D eigenvalue weighted by molar-refractivity contribution is -0.116. The molecule has 2 aromatic carbocycles. The lowest BCUT2D eigenvalue weighted by Crippen LogP contribution is -2.19. The Labute approximate surface area is 138 Å². The van der Waals surface area contributed by atoms with Crippen LogP contribution in [0.3, 0.4) is 0 Å². The van der Waals surface area contributed by atoms with E-state index in [1.54, 1.807) is 25.3 Å². The summed E-state index contributed by atoms with van der Waals surface area (Å²) in [7, 11) is 1.55. The molecule has 1 N–H and O–H groups in total. The van der Waals surface area contributed by atoms with Crippen molar-refractivity contribution in [3.8, 4) is 5.75 Å². The van der Waals surface area contributed by atoms with Crippen molar-refractivity contribution in [2.24, 2.45) is 0 Å². The van der Waals surface area contributed by atoms with Crippen LogP contribution in [0.2, 0.25) is 5.02 Å². The van der Waals surface area contributed by atoms with Crippen LogP contribution in [0.25, 0.3) is 11.0 Å². The van der Waals surface area contributed by atoms with E-state index in [-0.39, 0.29) is 12.5 Å². The summed E-state index contributed by atoms with van der Waals surface area (Å²) in [5.74, 6) is 1.19. The minimum Gasteiger partial charge on any atom is -0.495 e. The topological polar surface area (TPSA) is 56.1 Å².